The average Bonchev–Trinajstić information content (AvgIpc) is 3.30. The van der Waals surface area contributed by atoms with Gasteiger partial charge in [-0.25, -0.2) is 9.59 Å². The molecule has 1 aliphatic rings. The van der Waals surface area contributed by atoms with E-state index in [9.17, 15) is 14.4 Å². The molecular formula is C28H44N4O5. The maximum atomic E-state index is 12.8. The highest BCUT2D eigenvalue weighted by molar-refractivity contribution is 5.99. The summed E-state index contributed by atoms with van der Waals surface area (Å²) in [6.07, 6.45) is 9.67. The van der Waals surface area contributed by atoms with Gasteiger partial charge in [0.2, 0.25) is 11.9 Å². The van der Waals surface area contributed by atoms with Crippen molar-refractivity contribution in [3.05, 3.63) is 29.8 Å². The molecule has 1 aromatic carbocycles. The van der Waals surface area contributed by atoms with Crippen LogP contribution in [0, 0.1) is 5.92 Å². The number of hydrogen-bond donors (Lipinski definition) is 3. The molecule has 9 nitrogen and oxygen atoms in total. The van der Waals surface area contributed by atoms with Crippen molar-refractivity contribution in [3.63, 3.8) is 0 Å². The first kappa shape index (κ1) is 30.1. The van der Waals surface area contributed by atoms with Gasteiger partial charge in [-0.1, -0.05) is 64.0 Å². The summed E-state index contributed by atoms with van der Waals surface area (Å²) >= 11 is 0. The molecule has 0 bridgehead atoms. The number of nitrogens with one attached hydrogen (secondary N) is 2. The summed E-state index contributed by atoms with van der Waals surface area (Å²) in [6, 6.07) is 7.96. The second kappa shape index (κ2) is 15.2. The van der Waals surface area contributed by atoms with Crippen LogP contribution >= 0.6 is 0 Å². The minimum atomic E-state index is -1.35. The van der Waals surface area contributed by atoms with Gasteiger partial charge in [-0.05, 0) is 57.7 Å². The summed E-state index contributed by atoms with van der Waals surface area (Å²) < 4.78 is 5.16. The van der Waals surface area contributed by atoms with Crippen molar-refractivity contribution in [2.24, 2.45) is 10.9 Å². The normalized spacial score (nSPS) is 15.9. The molecule has 206 valence electrons. The lowest BCUT2D eigenvalue weighted by Crippen LogP contribution is -2.44. The van der Waals surface area contributed by atoms with Crippen LogP contribution < -0.4 is 10.6 Å². The molecule has 1 aromatic rings. The standard InChI is InChI=1S/C28H44N4O5/c1-5-6-7-8-9-10-11-12-13-21-14-16-23(17-15-21)29-24(33)22-18-19-32(20-22)25(30-26(34)35)31-27(36)37-28(2,3)4/h14-17,22H,5-13,18-20H2,1-4H3,(H,29,33)(H,34,35)(H,30,31,36)/t22-/m1/s1. The number of anilines is 1. The van der Waals surface area contributed by atoms with Gasteiger partial charge in [0.15, 0.2) is 0 Å². The molecule has 0 unspecified atom stereocenters. The Morgan fingerprint density at radius 3 is 2.24 bits per heavy atom. The van der Waals surface area contributed by atoms with E-state index in [0.29, 0.717) is 13.0 Å². The second-order valence-corrected chi connectivity index (χ2v) is 10.7. The molecule has 37 heavy (non-hydrogen) atoms. The Kier molecular flexibility index (Phi) is 12.4. The van der Waals surface area contributed by atoms with E-state index in [1.807, 2.05) is 12.1 Å². The Balaban J connectivity index is 1.81. The van der Waals surface area contributed by atoms with Crippen LogP contribution in [-0.4, -0.2) is 52.8 Å². The fourth-order valence-electron chi connectivity index (χ4n) is 4.27. The summed E-state index contributed by atoms with van der Waals surface area (Å²) in [5.74, 6) is -0.649. The molecule has 0 aliphatic carbocycles. The van der Waals surface area contributed by atoms with Crippen molar-refractivity contribution in [3.8, 4) is 0 Å². The van der Waals surface area contributed by atoms with Crippen LogP contribution in [0.25, 0.3) is 0 Å². The number of guanidine groups is 1. The van der Waals surface area contributed by atoms with Gasteiger partial charge in [-0.15, -0.1) is 4.99 Å². The van der Waals surface area contributed by atoms with Crippen LogP contribution in [0.3, 0.4) is 0 Å². The van der Waals surface area contributed by atoms with Crippen molar-refractivity contribution in [1.29, 1.82) is 0 Å². The van der Waals surface area contributed by atoms with Gasteiger partial charge in [0, 0.05) is 18.8 Å². The third-order valence-electron chi connectivity index (χ3n) is 6.21. The molecule has 1 heterocycles. The highest BCUT2D eigenvalue weighted by atomic mass is 16.6. The molecule has 0 saturated carbocycles. The van der Waals surface area contributed by atoms with Crippen molar-refractivity contribution in [1.82, 2.24) is 10.2 Å². The Morgan fingerprint density at radius 2 is 1.65 bits per heavy atom. The van der Waals surface area contributed by atoms with Crippen molar-refractivity contribution in [2.45, 2.75) is 97.5 Å². The van der Waals surface area contributed by atoms with Crippen LogP contribution in [0.4, 0.5) is 15.3 Å². The number of ether oxygens (including phenoxy) is 1. The molecule has 9 heteroatoms. The summed E-state index contributed by atoms with van der Waals surface area (Å²) in [5, 5.41) is 14.3. The van der Waals surface area contributed by atoms with Crippen molar-refractivity contribution in [2.75, 3.05) is 18.4 Å². The van der Waals surface area contributed by atoms with E-state index in [4.69, 9.17) is 9.84 Å². The predicted octanol–water partition coefficient (Wildman–Crippen LogP) is 6.19. The number of aryl methyl sites for hydroxylation is 1. The van der Waals surface area contributed by atoms with Gasteiger partial charge < -0.3 is 20.1 Å². The number of hydrogen-bond acceptors (Lipinski definition) is 4. The number of aliphatic imine (C=N–C) groups is 1. The Labute approximate surface area is 221 Å². The molecule has 1 saturated heterocycles. The lowest BCUT2D eigenvalue weighted by Gasteiger charge is -2.21. The number of unbranched alkanes of at least 4 members (excludes halogenated alkanes) is 7. The zero-order valence-corrected chi connectivity index (χ0v) is 22.8. The molecule has 3 amide bonds. The van der Waals surface area contributed by atoms with E-state index < -0.39 is 17.8 Å². The fourth-order valence-corrected chi connectivity index (χ4v) is 4.27. The van der Waals surface area contributed by atoms with E-state index >= 15 is 0 Å². The van der Waals surface area contributed by atoms with Crippen molar-refractivity contribution < 1.29 is 24.2 Å². The highest BCUT2D eigenvalue weighted by Gasteiger charge is 2.31. The number of rotatable bonds is 11. The maximum absolute atomic E-state index is 12.8. The molecule has 1 atom stereocenters. The van der Waals surface area contributed by atoms with Crippen LogP contribution in [0.15, 0.2) is 29.3 Å². The highest BCUT2D eigenvalue weighted by Crippen LogP contribution is 2.20. The first-order valence-electron chi connectivity index (χ1n) is 13.5. The number of carboxylic acid groups (broad SMARTS) is 1. The predicted molar refractivity (Wildman–Crippen MR) is 146 cm³/mol. The first-order chi connectivity index (χ1) is 17.6. The summed E-state index contributed by atoms with van der Waals surface area (Å²) in [4.78, 5) is 41.5. The van der Waals surface area contributed by atoms with Crippen LogP contribution in [0.5, 0.6) is 0 Å². The topological polar surface area (TPSA) is 120 Å². The van der Waals surface area contributed by atoms with Gasteiger partial charge >= 0.3 is 12.2 Å². The van der Waals surface area contributed by atoms with E-state index in [0.717, 1.165) is 12.1 Å². The Bertz CT molecular complexity index is 908. The number of likely N-dealkylation sites (tertiary alicyclic amines) is 1. The molecule has 2 rings (SSSR count). The first-order valence-corrected chi connectivity index (χ1v) is 13.5. The number of carbonyl (C=O) groups is 3. The quantitative estimate of drug-likeness (QED) is 0.183. The van der Waals surface area contributed by atoms with Crippen LogP contribution in [-0.2, 0) is 16.0 Å². The second-order valence-electron chi connectivity index (χ2n) is 10.7. The third kappa shape index (κ3) is 12.1. The van der Waals surface area contributed by atoms with E-state index in [1.54, 1.807) is 25.7 Å². The zero-order chi connectivity index (χ0) is 27.3. The molecule has 3 N–H and O–H groups in total. The number of carbonyl (C=O) groups excluding carboxylic acids is 2. The van der Waals surface area contributed by atoms with Crippen molar-refractivity contribution >= 4 is 29.7 Å². The molecule has 0 aromatic heterocycles. The van der Waals surface area contributed by atoms with Gasteiger partial charge in [0.1, 0.15) is 5.60 Å². The minimum absolute atomic E-state index is 0.137. The van der Waals surface area contributed by atoms with Gasteiger partial charge in [0.05, 0.1) is 5.92 Å². The summed E-state index contributed by atoms with van der Waals surface area (Å²) in [5.41, 5.74) is 1.24. The zero-order valence-electron chi connectivity index (χ0n) is 22.8. The van der Waals surface area contributed by atoms with Crippen LogP contribution in [0.2, 0.25) is 0 Å². The smallest absolute Gasteiger partial charge is 0.437 e. The number of nitrogens with zero attached hydrogens (tertiary/aromatic N) is 2. The third-order valence-corrected chi connectivity index (χ3v) is 6.21. The monoisotopic (exact) mass is 516 g/mol. The number of benzene rings is 1. The maximum Gasteiger partial charge on any atom is 0.437 e. The Hall–Kier alpha value is -3.10. The van der Waals surface area contributed by atoms with E-state index in [2.05, 4.69) is 34.7 Å². The lowest BCUT2D eigenvalue weighted by molar-refractivity contribution is -0.119. The van der Waals surface area contributed by atoms with Crippen LogP contribution in [0.1, 0.15) is 91.0 Å². The molecular weight excluding hydrogens is 472 g/mol. The summed E-state index contributed by atoms with van der Waals surface area (Å²) in [6.45, 7) is 7.96. The SMILES string of the molecule is CCCCCCCCCCc1ccc(NC(=O)[C@@H]2CCN(C(=NC(=O)OC(C)(C)C)NC(=O)O)C2)cc1. The van der Waals surface area contributed by atoms with E-state index in [-0.39, 0.29) is 24.3 Å². The van der Waals surface area contributed by atoms with Gasteiger partial charge in [-0.2, -0.15) is 0 Å². The van der Waals surface area contributed by atoms with Gasteiger partial charge in [0.25, 0.3) is 0 Å². The Morgan fingerprint density at radius 1 is 1.03 bits per heavy atom. The van der Waals surface area contributed by atoms with E-state index in [1.165, 1.54) is 56.9 Å². The molecule has 1 aliphatic heterocycles. The minimum Gasteiger partial charge on any atom is -0.465 e. The largest absolute Gasteiger partial charge is 0.465 e. The van der Waals surface area contributed by atoms with Gasteiger partial charge in [-0.3, -0.25) is 10.1 Å². The molecule has 1 fully saturated rings. The number of amides is 3. The lowest BCUT2D eigenvalue weighted by atomic mass is 10.0. The molecule has 0 radical (unpaired) electrons. The molecule has 0 spiro atoms. The fraction of sp³-hybridized carbons (Fsp3) is 0.643. The average molecular weight is 517 g/mol. The summed E-state index contributed by atoms with van der Waals surface area (Å²) in [7, 11) is 0.